The topological polar surface area (TPSA) is 64.4 Å². The first-order chi connectivity index (χ1) is 14.6. The zero-order chi connectivity index (χ0) is 20.9. The second-order valence-electron chi connectivity index (χ2n) is 6.35. The molecule has 2 heterocycles. The molecule has 0 atom stereocenters. The average molecular weight is 459 g/mol. The van der Waals surface area contributed by atoms with E-state index in [-0.39, 0.29) is 5.91 Å². The molecule has 0 unspecified atom stereocenters. The molecule has 0 bridgehead atoms. The number of hydrogen-bond acceptors (Lipinski definition) is 5. The van der Waals surface area contributed by atoms with Gasteiger partial charge in [0, 0.05) is 26.6 Å². The monoisotopic (exact) mass is 458 g/mol. The van der Waals surface area contributed by atoms with Gasteiger partial charge in [0.05, 0.1) is 12.8 Å². The summed E-state index contributed by atoms with van der Waals surface area (Å²) in [6, 6.07) is 16.4. The van der Waals surface area contributed by atoms with E-state index >= 15 is 0 Å². The van der Waals surface area contributed by atoms with Crippen LogP contribution >= 0.6 is 34.5 Å². The minimum absolute atomic E-state index is 0.242. The van der Waals surface area contributed by atoms with Crippen molar-refractivity contribution in [2.24, 2.45) is 0 Å². The summed E-state index contributed by atoms with van der Waals surface area (Å²) in [6.45, 7) is 0.662. The van der Waals surface area contributed by atoms with Crippen molar-refractivity contribution in [1.29, 1.82) is 0 Å². The summed E-state index contributed by atoms with van der Waals surface area (Å²) < 4.78 is 11.0. The number of thiazole rings is 1. The van der Waals surface area contributed by atoms with Gasteiger partial charge < -0.3 is 14.5 Å². The van der Waals surface area contributed by atoms with Crippen molar-refractivity contribution >= 4 is 40.4 Å². The summed E-state index contributed by atoms with van der Waals surface area (Å²) in [7, 11) is 0. The van der Waals surface area contributed by atoms with Gasteiger partial charge in [-0.1, -0.05) is 29.3 Å². The molecule has 0 fully saturated rings. The van der Waals surface area contributed by atoms with Crippen molar-refractivity contribution in [3.05, 3.63) is 93.3 Å². The van der Waals surface area contributed by atoms with Crippen molar-refractivity contribution in [3.8, 4) is 16.3 Å². The summed E-state index contributed by atoms with van der Waals surface area (Å²) in [4.78, 5) is 16.7. The maximum Gasteiger partial charge on any atom is 0.271 e. The number of nitrogens with zero attached hydrogens (tertiary/aromatic N) is 1. The third kappa shape index (κ3) is 5.02. The van der Waals surface area contributed by atoms with Gasteiger partial charge in [-0.15, -0.1) is 11.3 Å². The molecule has 0 spiro atoms. The van der Waals surface area contributed by atoms with Crippen LogP contribution in [0.4, 0.5) is 0 Å². The van der Waals surface area contributed by atoms with Gasteiger partial charge in [0.1, 0.15) is 28.8 Å². The number of nitrogens with one attached hydrogen (secondary N) is 1. The minimum atomic E-state index is -0.242. The summed E-state index contributed by atoms with van der Waals surface area (Å²) in [5.41, 5.74) is 2.14. The van der Waals surface area contributed by atoms with E-state index in [0.29, 0.717) is 40.4 Å². The number of carbonyl (C=O) groups is 1. The van der Waals surface area contributed by atoms with Crippen molar-refractivity contribution in [2.45, 2.75) is 13.2 Å². The SMILES string of the molecule is O=C(NCc1ccco1)c1csc(-c2ccc(OCc3ccc(Cl)cc3Cl)cc2)n1. The molecule has 0 aliphatic heterocycles. The molecular weight excluding hydrogens is 443 g/mol. The third-order valence-electron chi connectivity index (χ3n) is 4.25. The first kappa shape index (κ1) is 20.5. The van der Waals surface area contributed by atoms with Crippen molar-refractivity contribution in [2.75, 3.05) is 0 Å². The Morgan fingerprint density at radius 3 is 2.70 bits per heavy atom. The molecule has 5 nitrogen and oxygen atoms in total. The molecule has 4 rings (SSSR count). The lowest BCUT2D eigenvalue weighted by molar-refractivity contribution is 0.0944. The van der Waals surface area contributed by atoms with Crippen LogP contribution in [0.2, 0.25) is 10.0 Å². The van der Waals surface area contributed by atoms with Gasteiger partial charge in [0.2, 0.25) is 0 Å². The van der Waals surface area contributed by atoms with Crippen molar-refractivity contribution in [3.63, 3.8) is 0 Å². The molecule has 0 radical (unpaired) electrons. The van der Waals surface area contributed by atoms with E-state index in [2.05, 4.69) is 10.3 Å². The summed E-state index contributed by atoms with van der Waals surface area (Å²) in [6.07, 6.45) is 1.57. The van der Waals surface area contributed by atoms with Gasteiger partial charge >= 0.3 is 0 Å². The van der Waals surface area contributed by atoms with E-state index < -0.39 is 0 Å². The molecule has 0 aliphatic rings. The number of halogens is 2. The third-order valence-corrected chi connectivity index (χ3v) is 5.73. The number of ether oxygens (including phenoxy) is 1. The molecule has 8 heteroatoms. The molecule has 0 saturated carbocycles. The Labute approximate surface area is 187 Å². The number of rotatable bonds is 7. The second kappa shape index (κ2) is 9.34. The van der Waals surface area contributed by atoms with Gasteiger partial charge in [-0.3, -0.25) is 4.79 Å². The summed E-state index contributed by atoms with van der Waals surface area (Å²) in [5.74, 6) is 1.15. The Kier molecular flexibility index (Phi) is 6.38. The number of aromatic nitrogens is 1. The molecule has 1 N–H and O–H groups in total. The molecule has 2 aromatic heterocycles. The molecule has 1 amide bonds. The first-order valence-electron chi connectivity index (χ1n) is 9.02. The molecule has 4 aromatic rings. The fourth-order valence-electron chi connectivity index (χ4n) is 2.68. The van der Waals surface area contributed by atoms with E-state index in [1.165, 1.54) is 11.3 Å². The van der Waals surface area contributed by atoms with Gasteiger partial charge in [-0.05, 0) is 48.5 Å². The molecular formula is C22H16Cl2N2O3S. The Morgan fingerprint density at radius 1 is 1.13 bits per heavy atom. The van der Waals surface area contributed by atoms with Gasteiger partial charge in [-0.25, -0.2) is 4.98 Å². The lowest BCUT2D eigenvalue weighted by atomic mass is 10.2. The van der Waals surface area contributed by atoms with E-state index in [4.69, 9.17) is 32.4 Å². The number of hydrogen-bond donors (Lipinski definition) is 1. The predicted molar refractivity (Wildman–Crippen MR) is 118 cm³/mol. The van der Waals surface area contributed by atoms with Crippen LogP contribution in [0.1, 0.15) is 21.8 Å². The van der Waals surface area contributed by atoms with Crippen LogP contribution in [-0.4, -0.2) is 10.9 Å². The molecule has 0 aliphatic carbocycles. The molecule has 2 aromatic carbocycles. The number of amides is 1. The maximum absolute atomic E-state index is 12.3. The van der Waals surface area contributed by atoms with Crippen LogP contribution in [0.15, 0.2) is 70.7 Å². The minimum Gasteiger partial charge on any atom is -0.489 e. The van der Waals surface area contributed by atoms with Gasteiger partial charge in [0.25, 0.3) is 5.91 Å². The fraction of sp³-hybridized carbons (Fsp3) is 0.0909. The zero-order valence-corrected chi connectivity index (χ0v) is 17.9. The Bertz CT molecular complexity index is 1140. The van der Waals surface area contributed by atoms with Gasteiger partial charge in [-0.2, -0.15) is 0 Å². The zero-order valence-electron chi connectivity index (χ0n) is 15.6. The lowest BCUT2D eigenvalue weighted by Crippen LogP contribution is -2.22. The molecule has 152 valence electrons. The predicted octanol–water partition coefficient (Wildman–Crippen LogP) is 6.22. The summed E-state index contributed by atoms with van der Waals surface area (Å²) >= 11 is 13.5. The highest BCUT2D eigenvalue weighted by molar-refractivity contribution is 7.13. The quantitative estimate of drug-likeness (QED) is 0.357. The standard InChI is InChI=1S/C22H16Cl2N2O3S/c23-16-6-3-15(19(24)10-16)12-29-17-7-4-14(5-8-17)22-26-20(13-30-22)21(27)25-11-18-2-1-9-28-18/h1-10,13H,11-12H2,(H,25,27). The number of carbonyl (C=O) groups excluding carboxylic acids is 1. The Balaban J connectivity index is 1.36. The van der Waals surface area contributed by atoms with E-state index in [0.717, 1.165) is 16.1 Å². The average Bonchev–Trinajstić information content (AvgIpc) is 3.44. The van der Waals surface area contributed by atoms with Crippen LogP contribution in [0, 0.1) is 0 Å². The van der Waals surface area contributed by atoms with Crippen molar-refractivity contribution < 1.29 is 13.9 Å². The highest BCUT2D eigenvalue weighted by atomic mass is 35.5. The largest absolute Gasteiger partial charge is 0.489 e. The second-order valence-corrected chi connectivity index (χ2v) is 8.05. The van der Waals surface area contributed by atoms with Crippen molar-refractivity contribution in [1.82, 2.24) is 10.3 Å². The van der Waals surface area contributed by atoms with Crippen LogP contribution in [-0.2, 0) is 13.2 Å². The lowest BCUT2D eigenvalue weighted by Gasteiger charge is -2.08. The number of benzene rings is 2. The molecule has 0 saturated heterocycles. The summed E-state index contributed by atoms with van der Waals surface area (Å²) in [5, 5.41) is 6.44. The van der Waals surface area contributed by atoms with E-state index in [9.17, 15) is 4.79 Å². The maximum atomic E-state index is 12.3. The van der Waals surface area contributed by atoms with Crippen LogP contribution in [0.25, 0.3) is 10.6 Å². The highest BCUT2D eigenvalue weighted by Crippen LogP contribution is 2.27. The molecule has 30 heavy (non-hydrogen) atoms. The van der Waals surface area contributed by atoms with Crippen LogP contribution in [0.5, 0.6) is 5.75 Å². The highest BCUT2D eigenvalue weighted by Gasteiger charge is 2.12. The normalized spacial score (nSPS) is 10.7. The Morgan fingerprint density at radius 2 is 1.97 bits per heavy atom. The Hall–Kier alpha value is -2.80. The number of furan rings is 1. The van der Waals surface area contributed by atoms with Gasteiger partial charge in [0.15, 0.2) is 0 Å². The van der Waals surface area contributed by atoms with Crippen LogP contribution in [0.3, 0.4) is 0 Å². The first-order valence-corrected chi connectivity index (χ1v) is 10.7. The smallest absolute Gasteiger partial charge is 0.271 e. The van der Waals surface area contributed by atoms with E-state index in [1.807, 2.05) is 30.3 Å². The van der Waals surface area contributed by atoms with Crippen LogP contribution < -0.4 is 10.1 Å². The van der Waals surface area contributed by atoms with E-state index in [1.54, 1.807) is 35.9 Å². The fourth-order valence-corrected chi connectivity index (χ4v) is 3.94.